The van der Waals surface area contributed by atoms with Crippen LogP contribution < -0.4 is 16.4 Å². The third-order valence-corrected chi connectivity index (χ3v) is 4.07. The average Bonchev–Trinajstić information content (AvgIpc) is 3.28. The molecule has 1 heterocycles. The molecule has 2 amide bonds. The third kappa shape index (κ3) is 3.49. The van der Waals surface area contributed by atoms with Crippen LogP contribution in [0.2, 0.25) is 0 Å². The molecule has 0 spiro atoms. The fourth-order valence-electron chi connectivity index (χ4n) is 1.98. The van der Waals surface area contributed by atoms with Crippen LogP contribution in [0.5, 0.6) is 0 Å². The number of aromatic nitrogens is 1. The summed E-state index contributed by atoms with van der Waals surface area (Å²) in [5.74, 6) is -0.0290. The van der Waals surface area contributed by atoms with Gasteiger partial charge in [-0.3, -0.25) is 9.59 Å². The minimum Gasteiger partial charge on any atom is -0.326 e. The first-order valence-electron chi connectivity index (χ1n) is 7.02. The van der Waals surface area contributed by atoms with Gasteiger partial charge in [0.05, 0.1) is 12.2 Å². The quantitative estimate of drug-likeness (QED) is 0.786. The van der Waals surface area contributed by atoms with Crippen molar-refractivity contribution in [3.8, 4) is 11.3 Å². The number of nitrogens with one attached hydrogen (secondary N) is 2. The predicted molar refractivity (Wildman–Crippen MR) is 86.6 cm³/mol. The van der Waals surface area contributed by atoms with E-state index in [4.69, 9.17) is 5.73 Å². The number of nitrogens with zero attached hydrogens (tertiary/aromatic N) is 1. The first kappa shape index (κ1) is 14.7. The molecule has 1 saturated carbocycles. The highest BCUT2D eigenvalue weighted by molar-refractivity contribution is 7.14. The van der Waals surface area contributed by atoms with Crippen LogP contribution in [-0.2, 0) is 9.59 Å². The minimum atomic E-state index is -0.272. The number of carbonyl (C=O) groups excluding carboxylic acids is 2. The monoisotopic (exact) mass is 316 g/mol. The molecule has 1 aliphatic carbocycles. The predicted octanol–water partition coefficient (Wildman–Crippen LogP) is 2.06. The fourth-order valence-corrected chi connectivity index (χ4v) is 2.72. The van der Waals surface area contributed by atoms with Crippen molar-refractivity contribution in [2.24, 2.45) is 11.7 Å². The van der Waals surface area contributed by atoms with Gasteiger partial charge in [0.2, 0.25) is 11.8 Å². The highest BCUT2D eigenvalue weighted by atomic mass is 32.1. The van der Waals surface area contributed by atoms with Gasteiger partial charge in [-0.25, -0.2) is 4.98 Å². The lowest BCUT2D eigenvalue weighted by molar-refractivity contribution is -0.117. The molecule has 0 atom stereocenters. The summed E-state index contributed by atoms with van der Waals surface area (Å²) in [7, 11) is 0. The Labute approximate surface area is 131 Å². The fraction of sp³-hybridized carbons (Fsp3) is 0.267. The molecule has 0 aliphatic heterocycles. The van der Waals surface area contributed by atoms with E-state index in [2.05, 4.69) is 15.6 Å². The van der Waals surface area contributed by atoms with Crippen molar-refractivity contribution >= 4 is 34.0 Å². The molecule has 0 unspecified atom stereocenters. The molecule has 2 aromatic rings. The standard InChI is InChI=1S/C15H16N4O2S/c16-7-13(20)19-15-18-12(8-22-15)10-2-1-3-11(6-10)17-14(21)9-4-5-9/h1-3,6,8-9H,4-5,7,16H2,(H,17,21)(H,18,19,20). The van der Waals surface area contributed by atoms with Gasteiger partial charge in [-0.1, -0.05) is 12.1 Å². The van der Waals surface area contributed by atoms with Crippen molar-refractivity contribution in [2.75, 3.05) is 17.2 Å². The number of carbonyl (C=O) groups is 2. The lowest BCUT2D eigenvalue weighted by atomic mass is 10.1. The molecule has 0 radical (unpaired) electrons. The smallest absolute Gasteiger partial charge is 0.239 e. The topological polar surface area (TPSA) is 97.1 Å². The molecular weight excluding hydrogens is 300 g/mol. The van der Waals surface area contributed by atoms with Crippen LogP contribution >= 0.6 is 11.3 Å². The van der Waals surface area contributed by atoms with Gasteiger partial charge in [0.15, 0.2) is 5.13 Å². The summed E-state index contributed by atoms with van der Waals surface area (Å²) >= 11 is 1.34. The number of thiazole rings is 1. The second-order valence-electron chi connectivity index (χ2n) is 5.13. The van der Waals surface area contributed by atoms with Gasteiger partial charge in [-0.05, 0) is 25.0 Å². The summed E-state index contributed by atoms with van der Waals surface area (Å²) in [4.78, 5) is 27.4. The number of hydrogen-bond donors (Lipinski definition) is 3. The molecule has 3 rings (SSSR count). The molecule has 1 fully saturated rings. The van der Waals surface area contributed by atoms with Crippen molar-refractivity contribution in [2.45, 2.75) is 12.8 Å². The maximum atomic E-state index is 11.8. The van der Waals surface area contributed by atoms with Crippen molar-refractivity contribution < 1.29 is 9.59 Å². The molecule has 7 heteroatoms. The van der Waals surface area contributed by atoms with E-state index in [1.165, 1.54) is 11.3 Å². The minimum absolute atomic E-state index is 0.0718. The largest absolute Gasteiger partial charge is 0.326 e. The number of hydrogen-bond acceptors (Lipinski definition) is 5. The number of rotatable bonds is 5. The molecule has 1 aromatic heterocycles. The van der Waals surface area contributed by atoms with Crippen LogP contribution in [0.4, 0.5) is 10.8 Å². The van der Waals surface area contributed by atoms with E-state index >= 15 is 0 Å². The third-order valence-electron chi connectivity index (χ3n) is 3.31. The Morgan fingerprint density at radius 1 is 1.32 bits per heavy atom. The molecule has 1 aromatic carbocycles. The summed E-state index contributed by atoms with van der Waals surface area (Å²) in [5.41, 5.74) is 7.65. The maximum Gasteiger partial charge on any atom is 0.239 e. The Morgan fingerprint density at radius 3 is 2.86 bits per heavy atom. The summed E-state index contributed by atoms with van der Waals surface area (Å²) in [5, 5.41) is 7.91. The van der Waals surface area contributed by atoms with E-state index in [9.17, 15) is 9.59 Å². The van der Waals surface area contributed by atoms with Crippen molar-refractivity contribution in [1.82, 2.24) is 4.98 Å². The molecule has 0 bridgehead atoms. The van der Waals surface area contributed by atoms with Crippen molar-refractivity contribution in [1.29, 1.82) is 0 Å². The van der Waals surface area contributed by atoms with E-state index in [0.717, 1.165) is 29.8 Å². The number of nitrogens with two attached hydrogens (primary N) is 1. The van der Waals surface area contributed by atoms with Gasteiger partial charge >= 0.3 is 0 Å². The molecule has 1 aliphatic rings. The molecule has 4 N–H and O–H groups in total. The van der Waals surface area contributed by atoms with Gasteiger partial charge in [-0.2, -0.15) is 0 Å². The molecule has 22 heavy (non-hydrogen) atoms. The Morgan fingerprint density at radius 2 is 2.14 bits per heavy atom. The molecule has 0 saturated heterocycles. The van der Waals surface area contributed by atoms with Crippen LogP contribution in [0.15, 0.2) is 29.6 Å². The van der Waals surface area contributed by atoms with E-state index in [-0.39, 0.29) is 24.3 Å². The average molecular weight is 316 g/mol. The first-order valence-corrected chi connectivity index (χ1v) is 7.90. The Hall–Kier alpha value is -2.25. The Bertz CT molecular complexity index is 709. The number of amides is 2. The summed E-state index contributed by atoms with van der Waals surface area (Å²) in [6.45, 7) is -0.0718. The second kappa shape index (κ2) is 6.25. The summed E-state index contributed by atoms with van der Waals surface area (Å²) in [6.07, 6.45) is 1.95. The van der Waals surface area contributed by atoms with Gasteiger partial charge in [0, 0.05) is 22.5 Å². The van der Waals surface area contributed by atoms with Crippen LogP contribution in [0.1, 0.15) is 12.8 Å². The maximum absolute atomic E-state index is 11.8. The molecule has 114 valence electrons. The zero-order valence-electron chi connectivity index (χ0n) is 11.8. The highest BCUT2D eigenvalue weighted by Gasteiger charge is 2.29. The second-order valence-corrected chi connectivity index (χ2v) is 5.99. The van der Waals surface area contributed by atoms with Gasteiger partial charge in [-0.15, -0.1) is 11.3 Å². The molecule has 6 nitrogen and oxygen atoms in total. The zero-order chi connectivity index (χ0) is 15.5. The summed E-state index contributed by atoms with van der Waals surface area (Å²) in [6, 6.07) is 7.52. The van der Waals surface area contributed by atoms with E-state index in [0.29, 0.717) is 5.13 Å². The lowest BCUT2D eigenvalue weighted by Gasteiger charge is -2.05. The van der Waals surface area contributed by atoms with Crippen LogP contribution in [0, 0.1) is 5.92 Å². The molecular formula is C15H16N4O2S. The van der Waals surface area contributed by atoms with Gasteiger partial charge < -0.3 is 16.4 Å². The van der Waals surface area contributed by atoms with E-state index in [1.54, 1.807) is 0 Å². The van der Waals surface area contributed by atoms with Crippen LogP contribution in [0.25, 0.3) is 11.3 Å². The first-order chi connectivity index (χ1) is 10.7. The summed E-state index contributed by atoms with van der Waals surface area (Å²) < 4.78 is 0. The van der Waals surface area contributed by atoms with Gasteiger partial charge in [0.1, 0.15) is 0 Å². The Kier molecular flexibility index (Phi) is 4.17. The normalized spacial score (nSPS) is 13.7. The van der Waals surface area contributed by atoms with E-state index in [1.807, 2.05) is 29.6 Å². The van der Waals surface area contributed by atoms with E-state index < -0.39 is 0 Å². The van der Waals surface area contributed by atoms with Crippen LogP contribution in [0.3, 0.4) is 0 Å². The SMILES string of the molecule is NCC(=O)Nc1nc(-c2cccc(NC(=O)C3CC3)c2)cs1. The van der Waals surface area contributed by atoms with Crippen molar-refractivity contribution in [3.05, 3.63) is 29.6 Å². The van der Waals surface area contributed by atoms with Crippen molar-refractivity contribution in [3.63, 3.8) is 0 Å². The van der Waals surface area contributed by atoms with Gasteiger partial charge in [0.25, 0.3) is 0 Å². The Balaban J connectivity index is 1.74. The highest BCUT2D eigenvalue weighted by Crippen LogP contribution is 2.31. The zero-order valence-corrected chi connectivity index (χ0v) is 12.7. The number of anilines is 2. The lowest BCUT2D eigenvalue weighted by Crippen LogP contribution is -2.21. The van der Waals surface area contributed by atoms with Crippen LogP contribution in [-0.4, -0.2) is 23.3 Å². The number of benzene rings is 1.